The Morgan fingerprint density at radius 2 is 2.11 bits per heavy atom. The van der Waals surface area contributed by atoms with E-state index in [1.165, 1.54) is 11.3 Å². The Labute approximate surface area is 119 Å². The number of hydrogen-bond donors (Lipinski definition) is 2. The lowest BCUT2D eigenvalue weighted by atomic mass is 10.1. The molecule has 2 N–H and O–H groups in total. The normalized spacial score (nSPS) is 13.9. The van der Waals surface area contributed by atoms with Gasteiger partial charge in [0.15, 0.2) is 0 Å². The van der Waals surface area contributed by atoms with Crippen LogP contribution in [-0.2, 0) is 21.3 Å². The van der Waals surface area contributed by atoms with Crippen molar-refractivity contribution in [3.8, 4) is 0 Å². The molecule has 1 unspecified atom stereocenters. The van der Waals surface area contributed by atoms with Gasteiger partial charge in [-0.25, -0.2) is 13.1 Å². The van der Waals surface area contributed by atoms with Crippen molar-refractivity contribution in [1.29, 1.82) is 0 Å². The summed E-state index contributed by atoms with van der Waals surface area (Å²) in [6.07, 6.45) is 0. The number of hydrogen-bond acceptors (Lipinski definition) is 5. The molecule has 19 heavy (non-hydrogen) atoms. The zero-order chi connectivity index (χ0) is 14.5. The van der Waals surface area contributed by atoms with Crippen LogP contribution in [0.25, 0.3) is 0 Å². The maximum atomic E-state index is 12.4. The third-order valence-corrected chi connectivity index (χ3v) is 5.41. The second-order valence-electron chi connectivity index (χ2n) is 4.67. The quantitative estimate of drug-likeness (QED) is 0.762. The van der Waals surface area contributed by atoms with Crippen molar-refractivity contribution in [2.24, 2.45) is 5.92 Å². The van der Waals surface area contributed by atoms with Crippen LogP contribution in [0.4, 0.5) is 0 Å². The molecule has 0 spiro atoms. The molecule has 0 saturated carbocycles. The van der Waals surface area contributed by atoms with Gasteiger partial charge in [0.25, 0.3) is 0 Å². The summed E-state index contributed by atoms with van der Waals surface area (Å²) in [6, 6.07) is 1.42. The molecule has 1 heterocycles. The predicted octanol–water partition coefficient (Wildman–Crippen LogP) is 1.42. The van der Waals surface area contributed by atoms with Crippen molar-refractivity contribution < 1.29 is 13.2 Å². The molecule has 1 aromatic heterocycles. The van der Waals surface area contributed by atoms with Gasteiger partial charge in [0.2, 0.25) is 10.0 Å². The van der Waals surface area contributed by atoms with E-state index in [1.807, 2.05) is 13.8 Å². The van der Waals surface area contributed by atoms with Crippen molar-refractivity contribution >= 4 is 21.4 Å². The molecule has 0 aromatic carbocycles. The second kappa shape index (κ2) is 7.35. The lowest BCUT2D eigenvalue weighted by Crippen LogP contribution is -2.41. The Hall–Kier alpha value is -0.470. The van der Waals surface area contributed by atoms with Crippen LogP contribution in [-0.4, -0.2) is 35.2 Å². The summed E-state index contributed by atoms with van der Waals surface area (Å²) in [6.45, 7) is 4.84. The monoisotopic (exact) mass is 306 g/mol. The van der Waals surface area contributed by atoms with E-state index in [2.05, 4.69) is 10.0 Å². The Morgan fingerprint density at radius 1 is 1.42 bits per heavy atom. The first-order chi connectivity index (χ1) is 8.92. The van der Waals surface area contributed by atoms with Gasteiger partial charge in [-0.05, 0) is 24.4 Å². The summed E-state index contributed by atoms with van der Waals surface area (Å²) in [5.74, 6) is 0.168. The number of rotatable bonds is 8. The molecule has 7 heteroatoms. The van der Waals surface area contributed by atoms with Crippen molar-refractivity contribution in [3.05, 3.63) is 16.3 Å². The average molecular weight is 306 g/mol. The summed E-state index contributed by atoms with van der Waals surface area (Å²) >= 11 is 1.44. The van der Waals surface area contributed by atoms with Crippen LogP contribution in [0.1, 0.15) is 18.7 Å². The van der Waals surface area contributed by atoms with Gasteiger partial charge in [-0.15, -0.1) is 11.3 Å². The molecule has 0 bridgehead atoms. The molecule has 1 rings (SSSR count). The summed E-state index contributed by atoms with van der Waals surface area (Å²) in [5.41, 5.74) is 0. The van der Waals surface area contributed by atoms with Crippen LogP contribution in [0.2, 0.25) is 0 Å². The minimum absolute atomic E-state index is 0.168. The molecule has 0 aliphatic heterocycles. The minimum atomic E-state index is -3.50. The van der Waals surface area contributed by atoms with Crippen LogP contribution in [0.3, 0.4) is 0 Å². The minimum Gasteiger partial charge on any atom is -0.383 e. The molecule has 0 radical (unpaired) electrons. The number of thiophene rings is 1. The smallest absolute Gasteiger partial charge is 0.242 e. The molecule has 0 saturated heterocycles. The van der Waals surface area contributed by atoms with Crippen LogP contribution in [0, 0.1) is 5.92 Å². The Kier molecular flexibility index (Phi) is 6.41. The van der Waals surface area contributed by atoms with Crippen molar-refractivity contribution in [3.63, 3.8) is 0 Å². The maximum Gasteiger partial charge on any atom is 0.242 e. The first-order valence-corrected chi connectivity index (χ1v) is 8.51. The number of sulfonamides is 1. The molecular formula is C12H22N2O3S2. The Bertz CT molecular complexity index is 483. The standard InChI is InChI=1S/C12H22N2O3S2/c1-9(2)10(8-17-4)14-19(15,16)12-5-6-18-11(12)7-13-3/h5-6,9-10,13-14H,7-8H2,1-4H3. The molecule has 110 valence electrons. The van der Waals surface area contributed by atoms with E-state index in [1.54, 1.807) is 25.6 Å². The van der Waals surface area contributed by atoms with Gasteiger partial charge in [0, 0.05) is 24.6 Å². The third-order valence-electron chi connectivity index (χ3n) is 2.79. The molecule has 0 fully saturated rings. The van der Waals surface area contributed by atoms with Crippen LogP contribution in [0.15, 0.2) is 16.3 Å². The number of ether oxygens (including phenoxy) is 1. The summed E-state index contributed by atoms with van der Waals surface area (Å²) in [5, 5.41) is 4.77. The highest BCUT2D eigenvalue weighted by molar-refractivity contribution is 7.89. The highest BCUT2D eigenvalue weighted by atomic mass is 32.2. The first kappa shape index (κ1) is 16.6. The van der Waals surface area contributed by atoms with Crippen molar-refractivity contribution in [1.82, 2.24) is 10.0 Å². The summed E-state index contributed by atoms with van der Waals surface area (Å²) in [4.78, 5) is 1.17. The van der Waals surface area contributed by atoms with E-state index in [9.17, 15) is 8.42 Å². The second-order valence-corrected chi connectivity index (χ2v) is 7.35. The number of nitrogens with one attached hydrogen (secondary N) is 2. The zero-order valence-electron chi connectivity index (χ0n) is 11.8. The SMILES string of the molecule is CNCc1sccc1S(=O)(=O)NC(COC)C(C)C. The van der Waals surface area contributed by atoms with Crippen LogP contribution >= 0.6 is 11.3 Å². The zero-order valence-corrected chi connectivity index (χ0v) is 13.4. The Balaban J connectivity index is 2.93. The van der Waals surface area contributed by atoms with E-state index >= 15 is 0 Å². The van der Waals surface area contributed by atoms with Gasteiger partial charge >= 0.3 is 0 Å². The van der Waals surface area contributed by atoms with Crippen LogP contribution in [0.5, 0.6) is 0 Å². The van der Waals surface area contributed by atoms with E-state index in [4.69, 9.17) is 4.74 Å². The first-order valence-electron chi connectivity index (χ1n) is 6.14. The van der Waals surface area contributed by atoms with Gasteiger partial charge in [-0.3, -0.25) is 0 Å². The lowest BCUT2D eigenvalue weighted by Gasteiger charge is -2.21. The topological polar surface area (TPSA) is 67.4 Å². The van der Waals surface area contributed by atoms with E-state index < -0.39 is 10.0 Å². The summed E-state index contributed by atoms with van der Waals surface area (Å²) < 4.78 is 32.6. The highest BCUT2D eigenvalue weighted by Gasteiger charge is 2.25. The van der Waals surface area contributed by atoms with E-state index in [0.717, 1.165) is 4.88 Å². The lowest BCUT2D eigenvalue weighted by molar-refractivity contribution is 0.157. The highest BCUT2D eigenvalue weighted by Crippen LogP contribution is 2.22. The molecule has 0 aliphatic rings. The van der Waals surface area contributed by atoms with Gasteiger partial charge in [0.05, 0.1) is 11.5 Å². The fourth-order valence-electron chi connectivity index (χ4n) is 1.66. The van der Waals surface area contributed by atoms with Crippen LogP contribution < -0.4 is 10.0 Å². The molecule has 0 aliphatic carbocycles. The molecule has 0 amide bonds. The van der Waals surface area contributed by atoms with Gasteiger partial charge in [0.1, 0.15) is 0 Å². The van der Waals surface area contributed by atoms with E-state index in [0.29, 0.717) is 18.0 Å². The number of methoxy groups -OCH3 is 1. The predicted molar refractivity (Wildman–Crippen MR) is 77.9 cm³/mol. The fourth-order valence-corrected chi connectivity index (χ4v) is 4.49. The molecule has 1 aromatic rings. The summed E-state index contributed by atoms with van der Waals surface area (Å²) in [7, 11) is -0.129. The van der Waals surface area contributed by atoms with Crippen molar-refractivity contribution in [2.75, 3.05) is 20.8 Å². The maximum absolute atomic E-state index is 12.4. The molecule has 5 nitrogen and oxygen atoms in total. The Morgan fingerprint density at radius 3 is 2.63 bits per heavy atom. The van der Waals surface area contributed by atoms with Gasteiger partial charge in [-0.2, -0.15) is 0 Å². The van der Waals surface area contributed by atoms with Gasteiger partial charge < -0.3 is 10.1 Å². The third kappa shape index (κ3) is 4.54. The van der Waals surface area contributed by atoms with E-state index in [-0.39, 0.29) is 12.0 Å². The largest absolute Gasteiger partial charge is 0.383 e. The average Bonchev–Trinajstić information content (AvgIpc) is 2.77. The molecular weight excluding hydrogens is 284 g/mol. The molecule has 1 atom stereocenters. The van der Waals surface area contributed by atoms with Crippen molar-refractivity contribution in [2.45, 2.75) is 31.3 Å². The van der Waals surface area contributed by atoms with Gasteiger partial charge in [-0.1, -0.05) is 13.8 Å². The fraction of sp³-hybridized carbons (Fsp3) is 0.667.